The molecular weight excluding hydrogens is 208 g/mol. The van der Waals surface area contributed by atoms with Crippen molar-refractivity contribution in [1.82, 2.24) is 5.32 Å². The Morgan fingerprint density at radius 3 is 2.41 bits per heavy atom. The standard InChI is InChI=1S/C15H32N2/c1-4-15(5-2,11-16)12-17-14-8-6-7-13(3)9-10-14/h13-14,17H,4-12,16H2,1-3H3. The lowest BCUT2D eigenvalue weighted by Gasteiger charge is -2.32. The maximum atomic E-state index is 5.96. The molecule has 0 spiro atoms. The summed E-state index contributed by atoms with van der Waals surface area (Å²) in [6, 6.07) is 0.740. The zero-order valence-electron chi connectivity index (χ0n) is 12.1. The van der Waals surface area contributed by atoms with E-state index in [1.807, 2.05) is 0 Å². The lowest BCUT2D eigenvalue weighted by atomic mass is 9.82. The number of hydrogen-bond acceptors (Lipinski definition) is 2. The van der Waals surface area contributed by atoms with Crippen LogP contribution in [0.25, 0.3) is 0 Å². The Hall–Kier alpha value is -0.0800. The molecule has 0 radical (unpaired) electrons. The Bertz CT molecular complexity index is 191. The molecule has 2 atom stereocenters. The second-order valence-corrected chi connectivity index (χ2v) is 6.10. The van der Waals surface area contributed by atoms with Crippen molar-refractivity contribution in [2.24, 2.45) is 17.1 Å². The zero-order valence-corrected chi connectivity index (χ0v) is 12.1. The van der Waals surface area contributed by atoms with Crippen molar-refractivity contribution < 1.29 is 0 Å². The first-order valence-corrected chi connectivity index (χ1v) is 7.59. The minimum absolute atomic E-state index is 0.331. The Kier molecular flexibility index (Phi) is 6.50. The Morgan fingerprint density at radius 2 is 1.82 bits per heavy atom. The highest BCUT2D eigenvalue weighted by atomic mass is 14.9. The molecule has 0 amide bonds. The topological polar surface area (TPSA) is 38.0 Å². The number of rotatable bonds is 6. The van der Waals surface area contributed by atoms with Gasteiger partial charge in [0.15, 0.2) is 0 Å². The van der Waals surface area contributed by atoms with Crippen LogP contribution in [0.15, 0.2) is 0 Å². The van der Waals surface area contributed by atoms with Crippen LogP contribution in [0.1, 0.15) is 65.7 Å². The van der Waals surface area contributed by atoms with Gasteiger partial charge in [0, 0.05) is 12.6 Å². The third-order valence-corrected chi connectivity index (χ3v) is 4.96. The van der Waals surface area contributed by atoms with Crippen molar-refractivity contribution >= 4 is 0 Å². The SMILES string of the molecule is CCC(CC)(CN)CNC1CCCC(C)CC1. The number of nitrogens with one attached hydrogen (secondary N) is 1. The molecule has 1 aliphatic carbocycles. The molecule has 3 N–H and O–H groups in total. The van der Waals surface area contributed by atoms with Gasteiger partial charge in [0.2, 0.25) is 0 Å². The van der Waals surface area contributed by atoms with Crippen LogP contribution in [0.2, 0.25) is 0 Å². The van der Waals surface area contributed by atoms with Crippen LogP contribution in [0.5, 0.6) is 0 Å². The van der Waals surface area contributed by atoms with Crippen molar-refractivity contribution in [3.05, 3.63) is 0 Å². The van der Waals surface area contributed by atoms with Crippen LogP contribution < -0.4 is 11.1 Å². The van der Waals surface area contributed by atoms with E-state index in [0.29, 0.717) is 5.41 Å². The first-order valence-electron chi connectivity index (χ1n) is 7.59. The van der Waals surface area contributed by atoms with Gasteiger partial charge in [-0.25, -0.2) is 0 Å². The maximum absolute atomic E-state index is 5.96. The van der Waals surface area contributed by atoms with Crippen LogP contribution >= 0.6 is 0 Å². The molecule has 2 nitrogen and oxygen atoms in total. The Balaban J connectivity index is 2.38. The van der Waals surface area contributed by atoms with Gasteiger partial charge in [-0.05, 0) is 50.0 Å². The van der Waals surface area contributed by atoms with E-state index in [1.165, 1.54) is 44.9 Å². The second kappa shape index (κ2) is 7.38. The Morgan fingerprint density at radius 1 is 1.12 bits per heavy atom. The van der Waals surface area contributed by atoms with Crippen LogP contribution in [-0.2, 0) is 0 Å². The van der Waals surface area contributed by atoms with Crippen molar-refractivity contribution in [2.75, 3.05) is 13.1 Å². The fraction of sp³-hybridized carbons (Fsp3) is 1.00. The van der Waals surface area contributed by atoms with Gasteiger partial charge >= 0.3 is 0 Å². The largest absolute Gasteiger partial charge is 0.330 e. The summed E-state index contributed by atoms with van der Waals surface area (Å²) < 4.78 is 0. The van der Waals surface area contributed by atoms with E-state index in [4.69, 9.17) is 5.73 Å². The van der Waals surface area contributed by atoms with E-state index in [-0.39, 0.29) is 0 Å². The van der Waals surface area contributed by atoms with Gasteiger partial charge in [-0.15, -0.1) is 0 Å². The summed E-state index contributed by atoms with van der Waals surface area (Å²) in [7, 11) is 0. The van der Waals surface area contributed by atoms with E-state index < -0.39 is 0 Å². The number of hydrogen-bond donors (Lipinski definition) is 2. The first-order chi connectivity index (χ1) is 8.15. The van der Waals surface area contributed by atoms with Crippen LogP contribution in [-0.4, -0.2) is 19.1 Å². The highest BCUT2D eigenvalue weighted by Crippen LogP contribution is 2.26. The van der Waals surface area contributed by atoms with E-state index >= 15 is 0 Å². The summed E-state index contributed by atoms with van der Waals surface area (Å²) in [5.41, 5.74) is 6.29. The molecule has 1 aliphatic rings. The highest BCUT2D eigenvalue weighted by Gasteiger charge is 2.25. The molecule has 0 aromatic heterocycles. The first kappa shape index (κ1) is 15.0. The fourth-order valence-corrected chi connectivity index (χ4v) is 2.91. The fourth-order valence-electron chi connectivity index (χ4n) is 2.91. The smallest absolute Gasteiger partial charge is 0.00674 e. The Labute approximate surface area is 108 Å². The minimum Gasteiger partial charge on any atom is -0.330 e. The van der Waals surface area contributed by atoms with E-state index in [2.05, 4.69) is 26.1 Å². The summed E-state index contributed by atoms with van der Waals surface area (Å²) in [6.45, 7) is 8.86. The zero-order chi connectivity index (χ0) is 12.7. The van der Waals surface area contributed by atoms with Crippen molar-refractivity contribution in [3.63, 3.8) is 0 Å². The highest BCUT2D eigenvalue weighted by molar-refractivity contribution is 4.83. The monoisotopic (exact) mass is 240 g/mol. The van der Waals surface area contributed by atoms with Crippen LogP contribution in [0.3, 0.4) is 0 Å². The molecule has 0 aromatic carbocycles. The van der Waals surface area contributed by atoms with E-state index in [0.717, 1.165) is 25.0 Å². The van der Waals surface area contributed by atoms with Crippen LogP contribution in [0, 0.1) is 11.3 Å². The molecule has 0 aromatic rings. The molecular formula is C15H32N2. The average Bonchev–Trinajstić information content (AvgIpc) is 2.57. The molecule has 17 heavy (non-hydrogen) atoms. The van der Waals surface area contributed by atoms with Gasteiger partial charge in [-0.3, -0.25) is 0 Å². The summed E-state index contributed by atoms with van der Waals surface area (Å²) >= 11 is 0. The van der Waals surface area contributed by atoms with Gasteiger partial charge in [-0.1, -0.05) is 33.6 Å². The number of nitrogens with two attached hydrogens (primary N) is 1. The summed E-state index contributed by atoms with van der Waals surface area (Å²) in [5, 5.41) is 3.80. The average molecular weight is 240 g/mol. The molecule has 102 valence electrons. The van der Waals surface area contributed by atoms with E-state index in [1.54, 1.807) is 0 Å². The molecule has 1 rings (SSSR count). The molecule has 0 saturated heterocycles. The third kappa shape index (κ3) is 4.59. The predicted octanol–water partition coefficient (Wildman–Crippen LogP) is 3.31. The lowest BCUT2D eigenvalue weighted by Crippen LogP contribution is -2.43. The van der Waals surface area contributed by atoms with E-state index in [9.17, 15) is 0 Å². The van der Waals surface area contributed by atoms with Gasteiger partial charge < -0.3 is 11.1 Å². The van der Waals surface area contributed by atoms with Crippen LogP contribution in [0.4, 0.5) is 0 Å². The molecule has 2 heteroatoms. The summed E-state index contributed by atoms with van der Waals surface area (Å²) in [4.78, 5) is 0. The summed E-state index contributed by atoms with van der Waals surface area (Å²) in [6.07, 6.45) is 9.31. The van der Waals surface area contributed by atoms with Crippen molar-refractivity contribution in [2.45, 2.75) is 71.8 Å². The maximum Gasteiger partial charge on any atom is 0.00674 e. The molecule has 0 aliphatic heterocycles. The quantitative estimate of drug-likeness (QED) is 0.699. The molecule has 0 heterocycles. The van der Waals surface area contributed by atoms with Gasteiger partial charge in [-0.2, -0.15) is 0 Å². The van der Waals surface area contributed by atoms with Crippen molar-refractivity contribution in [1.29, 1.82) is 0 Å². The molecule has 1 saturated carbocycles. The third-order valence-electron chi connectivity index (χ3n) is 4.96. The molecule has 1 fully saturated rings. The normalized spacial score (nSPS) is 26.8. The lowest BCUT2D eigenvalue weighted by molar-refractivity contribution is 0.242. The molecule has 0 bridgehead atoms. The van der Waals surface area contributed by atoms with Gasteiger partial charge in [0.25, 0.3) is 0 Å². The molecule has 2 unspecified atom stereocenters. The summed E-state index contributed by atoms with van der Waals surface area (Å²) in [5.74, 6) is 0.929. The minimum atomic E-state index is 0.331. The van der Waals surface area contributed by atoms with Crippen molar-refractivity contribution in [3.8, 4) is 0 Å². The second-order valence-electron chi connectivity index (χ2n) is 6.10. The van der Waals surface area contributed by atoms with Gasteiger partial charge in [0.1, 0.15) is 0 Å². The predicted molar refractivity (Wildman–Crippen MR) is 76.1 cm³/mol. The van der Waals surface area contributed by atoms with Gasteiger partial charge in [0.05, 0.1) is 0 Å².